The van der Waals surface area contributed by atoms with Crippen LogP contribution in [0.2, 0.25) is 0 Å². The Labute approximate surface area is 159 Å². The summed E-state index contributed by atoms with van der Waals surface area (Å²) >= 11 is 0. The van der Waals surface area contributed by atoms with Crippen LogP contribution >= 0.6 is 0 Å². The smallest absolute Gasteiger partial charge is 0.317 e. The lowest BCUT2D eigenvalue weighted by atomic mass is 9.72. The Morgan fingerprint density at radius 2 is 1.62 bits per heavy atom. The number of carbonyl (C=O) groups excluding carboxylic acids is 1. The summed E-state index contributed by atoms with van der Waals surface area (Å²) in [5, 5.41) is 16.5. The lowest BCUT2D eigenvalue weighted by Crippen LogP contribution is -2.68. The van der Waals surface area contributed by atoms with Gasteiger partial charge in [-0.15, -0.1) is 0 Å². The first-order valence-corrected chi connectivity index (χ1v) is 11.0. The van der Waals surface area contributed by atoms with Crippen molar-refractivity contribution in [2.75, 3.05) is 6.54 Å². The van der Waals surface area contributed by atoms with E-state index in [9.17, 15) is 4.79 Å². The second-order valence-corrected chi connectivity index (χ2v) is 8.64. The zero-order valence-electron chi connectivity index (χ0n) is 16.7. The highest BCUT2D eigenvalue weighted by Gasteiger charge is 2.30. The fourth-order valence-corrected chi connectivity index (χ4v) is 5.19. The number of urea groups is 1. The molecule has 150 valence electrons. The molecule has 3 atom stereocenters. The van der Waals surface area contributed by atoms with Crippen molar-refractivity contribution in [2.45, 2.75) is 103 Å². The molecule has 2 aliphatic carbocycles. The van der Waals surface area contributed by atoms with Gasteiger partial charge in [-0.2, -0.15) is 0 Å². The Balaban J connectivity index is 1.37. The van der Waals surface area contributed by atoms with Gasteiger partial charge in [-0.25, -0.2) is 4.79 Å². The van der Waals surface area contributed by atoms with E-state index in [1.165, 1.54) is 44.9 Å². The van der Waals surface area contributed by atoms with E-state index in [1.54, 1.807) is 0 Å². The standard InChI is InChI=1S/C20H39N5O/c1-3-21-18-13-14(2)22-19(24-18)25-20(26)23-17-11-9-16(10-12-17)15-7-5-4-6-8-15/h14-19,21-22,24H,3-13H2,1-2H3,(H2,23,25,26). The molecule has 6 heteroatoms. The molecule has 5 N–H and O–H groups in total. The molecule has 0 aromatic rings. The van der Waals surface area contributed by atoms with Crippen molar-refractivity contribution < 1.29 is 4.79 Å². The van der Waals surface area contributed by atoms with Crippen LogP contribution in [0.5, 0.6) is 0 Å². The van der Waals surface area contributed by atoms with Crippen LogP contribution in [-0.2, 0) is 0 Å². The molecule has 1 heterocycles. The molecule has 3 rings (SSSR count). The Hall–Kier alpha value is -0.850. The summed E-state index contributed by atoms with van der Waals surface area (Å²) in [6.45, 7) is 5.19. The molecule has 0 bridgehead atoms. The van der Waals surface area contributed by atoms with Gasteiger partial charge in [-0.05, 0) is 57.4 Å². The van der Waals surface area contributed by atoms with Gasteiger partial charge < -0.3 is 16.0 Å². The summed E-state index contributed by atoms with van der Waals surface area (Å²) in [6, 6.07) is 0.650. The van der Waals surface area contributed by atoms with Crippen LogP contribution in [0.1, 0.15) is 78.1 Å². The average Bonchev–Trinajstić information content (AvgIpc) is 2.63. The quantitative estimate of drug-likeness (QED) is 0.519. The first-order valence-electron chi connectivity index (χ1n) is 11.0. The molecule has 0 aromatic carbocycles. The third-order valence-corrected chi connectivity index (χ3v) is 6.56. The minimum absolute atomic E-state index is 0.0551. The monoisotopic (exact) mass is 365 g/mol. The molecule has 0 aromatic heterocycles. The van der Waals surface area contributed by atoms with Crippen LogP contribution in [0.15, 0.2) is 0 Å². The normalized spacial score (nSPS) is 36.5. The lowest BCUT2D eigenvalue weighted by Gasteiger charge is -2.38. The number of rotatable bonds is 5. The van der Waals surface area contributed by atoms with E-state index < -0.39 is 0 Å². The molecule has 6 nitrogen and oxygen atoms in total. The molecule has 0 radical (unpaired) electrons. The molecular formula is C20H39N5O. The highest BCUT2D eigenvalue weighted by atomic mass is 16.2. The van der Waals surface area contributed by atoms with Gasteiger partial charge in [0.25, 0.3) is 0 Å². The van der Waals surface area contributed by atoms with Gasteiger partial charge in [0.15, 0.2) is 0 Å². The summed E-state index contributed by atoms with van der Waals surface area (Å²) < 4.78 is 0. The van der Waals surface area contributed by atoms with Gasteiger partial charge in [0.2, 0.25) is 0 Å². The third kappa shape index (κ3) is 5.83. The fourth-order valence-electron chi connectivity index (χ4n) is 5.19. The molecule has 2 amide bonds. The van der Waals surface area contributed by atoms with Gasteiger partial charge in [-0.1, -0.05) is 39.0 Å². The van der Waals surface area contributed by atoms with E-state index in [4.69, 9.17) is 0 Å². The largest absolute Gasteiger partial charge is 0.335 e. The number of hydrogen-bond donors (Lipinski definition) is 5. The number of hydrogen-bond acceptors (Lipinski definition) is 4. The Morgan fingerprint density at radius 1 is 0.923 bits per heavy atom. The first kappa shape index (κ1) is 19.9. The van der Waals surface area contributed by atoms with Crippen molar-refractivity contribution in [3.8, 4) is 0 Å². The predicted molar refractivity (Wildman–Crippen MR) is 106 cm³/mol. The highest BCUT2D eigenvalue weighted by molar-refractivity contribution is 5.74. The van der Waals surface area contributed by atoms with Crippen molar-refractivity contribution in [2.24, 2.45) is 11.8 Å². The second kappa shape index (κ2) is 9.90. The van der Waals surface area contributed by atoms with Gasteiger partial charge in [0.05, 0.1) is 6.17 Å². The maximum Gasteiger partial charge on any atom is 0.317 e. The highest BCUT2D eigenvalue weighted by Crippen LogP contribution is 2.38. The molecule has 1 aliphatic heterocycles. The van der Waals surface area contributed by atoms with Crippen LogP contribution in [-0.4, -0.2) is 37.1 Å². The molecule has 3 aliphatic rings. The molecule has 1 saturated heterocycles. The number of nitrogens with one attached hydrogen (secondary N) is 5. The van der Waals surface area contributed by atoms with E-state index in [0.717, 1.165) is 37.6 Å². The van der Waals surface area contributed by atoms with Crippen LogP contribution in [0.25, 0.3) is 0 Å². The fraction of sp³-hybridized carbons (Fsp3) is 0.950. The van der Waals surface area contributed by atoms with Crippen LogP contribution < -0.4 is 26.6 Å². The first-order chi connectivity index (χ1) is 12.6. The van der Waals surface area contributed by atoms with Gasteiger partial charge >= 0.3 is 6.03 Å². The van der Waals surface area contributed by atoms with Crippen molar-refractivity contribution in [3.05, 3.63) is 0 Å². The molecular weight excluding hydrogens is 326 g/mol. The summed E-state index contributed by atoms with van der Waals surface area (Å²) in [4.78, 5) is 12.4. The predicted octanol–water partition coefficient (Wildman–Crippen LogP) is 2.62. The lowest BCUT2D eigenvalue weighted by molar-refractivity contribution is 0.168. The third-order valence-electron chi connectivity index (χ3n) is 6.56. The zero-order valence-corrected chi connectivity index (χ0v) is 16.7. The van der Waals surface area contributed by atoms with Gasteiger partial charge in [0, 0.05) is 12.1 Å². The zero-order chi connectivity index (χ0) is 18.4. The van der Waals surface area contributed by atoms with Crippen molar-refractivity contribution in [1.29, 1.82) is 0 Å². The maximum absolute atomic E-state index is 12.4. The minimum Gasteiger partial charge on any atom is -0.335 e. The molecule has 3 fully saturated rings. The van der Waals surface area contributed by atoms with E-state index in [-0.39, 0.29) is 18.5 Å². The van der Waals surface area contributed by atoms with Crippen molar-refractivity contribution >= 4 is 6.03 Å². The van der Waals surface area contributed by atoms with Gasteiger partial charge in [0.1, 0.15) is 6.29 Å². The topological polar surface area (TPSA) is 77.2 Å². The summed E-state index contributed by atoms with van der Waals surface area (Å²) in [6.07, 6.45) is 13.1. The molecule has 3 unspecified atom stereocenters. The van der Waals surface area contributed by atoms with E-state index in [1.807, 2.05) is 0 Å². The maximum atomic E-state index is 12.4. The van der Waals surface area contributed by atoms with Crippen LogP contribution in [0.3, 0.4) is 0 Å². The average molecular weight is 366 g/mol. The number of carbonyl (C=O) groups is 1. The number of amides is 2. The molecule has 0 spiro atoms. The summed E-state index contributed by atoms with van der Waals surface area (Å²) in [5.41, 5.74) is 0. The molecule has 2 saturated carbocycles. The Morgan fingerprint density at radius 3 is 2.31 bits per heavy atom. The summed E-state index contributed by atoms with van der Waals surface area (Å²) in [7, 11) is 0. The van der Waals surface area contributed by atoms with Crippen molar-refractivity contribution in [1.82, 2.24) is 26.6 Å². The van der Waals surface area contributed by atoms with Crippen molar-refractivity contribution in [3.63, 3.8) is 0 Å². The van der Waals surface area contributed by atoms with E-state index in [2.05, 4.69) is 40.4 Å². The van der Waals surface area contributed by atoms with Crippen LogP contribution in [0, 0.1) is 11.8 Å². The van der Waals surface area contributed by atoms with E-state index in [0.29, 0.717) is 12.1 Å². The molecule has 26 heavy (non-hydrogen) atoms. The SMILES string of the molecule is CCNC1CC(C)NC(NC(=O)NC2CCC(C3CCCCC3)CC2)N1. The van der Waals surface area contributed by atoms with Gasteiger partial charge in [-0.3, -0.25) is 10.6 Å². The second-order valence-electron chi connectivity index (χ2n) is 8.64. The Bertz CT molecular complexity index is 432. The minimum atomic E-state index is -0.179. The van der Waals surface area contributed by atoms with Crippen LogP contribution in [0.4, 0.5) is 4.79 Å². The van der Waals surface area contributed by atoms with E-state index >= 15 is 0 Å². The summed E-state index contributed by atoms with van der Waals surface area (Å²) in [5.74, 6) is 1.86. The Kier molecular flexibility index (Phi) is 7.58.